The Balaban J connectivity index is 1.85. The maximum atomic E-state index is 11.6. The number of thioether (sulfide) groups is 1. The number of methoxy groups -OCH3 is 1. The monoisotopic (exact) mass is 353 g/mol. The van der Waals surface area contributed by atoms with E-state index in [0.29, 0.717) is 11.7 Å². The van der Waals surface area contributed by atoms with Crippen molar-refractivity contribution >= 4 is 39.9 Å². The topological polar surface area (TPSA) is 73.3 Å². The molecule has 124 valence electrons. The van der Waals surface area contributed by atoms with E-state index < -0.39 is 0 Å². The van der Waals surface area contributed by atoms with Gasteiger partial charge in [-0.3, -0.25) is 4.79 Å². The minimum atomic E-state index is -0.224. The summed E-state index contributed by atoms with van der Waals surface area (Å²) in [6, 6.07) is 7.58. The van der Waals surface area contributed by atoms with Gasteiger partial charge in [-0.05, 0) is 18.6 Å². The highest BCUT2D eigenvalue weighted by Gasteiger charge is 2.10. The zero-order valence-corrected chi connectivity index (χ0v) is 14.7. The summed E-state index contributed by atoms with van der Waals surface area (Å²) in [5, 5.41) is 11.9. The molecule has 6 nitrogen and oxygen atoms in total. The van der Waals surface area contributed by atoms with Crippen molar-refractivity contribution in [1.82, 2.24) is 10.2 Å². The minimum absolute atomic E-state index is 0.224. The summed E-state index contributed by atoms with van der Waals surface area (Å²) in [7, 11) is 1.62. The number of nitrogens with zero attached hydrogens (tertiary/aromatic N) is 2. The van der Waals surface area contributed by atoms with Gasteiger partial charge < -0.3 is 14.8 Å². The SMILES string of the molecule is CCCCOC(=O)CSc1nnc(Nc2ccccc2OC)s1. The molecule has 0 amide bonds. The molecule has 1 aromatic carbocycles. The van der Waals surface area contributed by atoms with Crippen molar-refractivity contribution < 1.29 is 14.3 Å². The molecule has 8 heteroatoms. The van der Waals surface area contributed by atoms with E-state index in [-0.39, 0.29) is 11.7 Å². The highest BCUT2D eigenvalue weighted by atomic mass is 32.2. The fraction of sp³-hybridized carbons (Fsp3) is 0.400. The summed E-state index contributed by atoms with van der Waals surface area (Å²) in [4.78, 5) is 11.6. The van der Waals surface area contributed by atoms with Crippen LogP contribution in [0.25, 0.3) is 0 Å². The van der Waals surface area contributed by atoms with E-state index in [2.05, 4.69) is 22.4 Å². The van der Waals surface area contributed by atoms with E-state index in [1.54, 1.807) is 7.11 Å². The molecule has 1 aromatic heterocycles. The Bertz CT molecular complexity index is 634. The number of carbonyl (C=O) groups is 1. The molecule has 0 bridgehead atoms. The molecule has 2 aromatic rings. The number of para-hydroxylation sites is 2. The van der Waals surface area contributed by atoms with E-state index in [0.717, 1.165) is 28.6 Å². The molecule has 23 heavy (non-hydrogen) atoms. The molecule has 1 N–H and O–H groups in total. The number of unbranched alkanes of at least 4 members (excludes halogenated alkanes) is 1. The number of benzene rings is 1. The van der Waals surface area contributed by atoms with Gasteiger partial charge >= 0.3 is 5.97 Å². The summed E-state index contributed by atoms with van der Waals surface area (Å²) in [5.41, 5.74) is 0.821. The predicted molar refractivity (Wildman–Crippen MR) is 92.8 cm³/mol. The van der Waals surface area contributed by atoms with Crippen molar-refractivity contribution in [2.45, 2.75) is 24.1 Å². The van der Waals surface area contributed by atoms with Crippen LogP contribution in [0.3, 0.4) is 0 Å². The number of carbonyl (C=O) groups excluding carboxylic acids is 1. The summed E-state index contributed by atoms with van der Waals surface area (Å²) < 4.78 is 11.1. The first-order chi connectivity index (χ1) is 11.2. The van der Waals surface area contributed by atoms with Gasteiger partial charge in [0.1, 0.15) is 5.75 Å². The quantitative estimate of drug-likeness (QED) is 0.418. The van der Waals surface area contributed by atoms with Gasteiger partial charge in [0.15, 0.2) is 4.34 Å². The smallest absolute Gasteiger partial charge is 0.316 e. The Kier molecular flexibility index (Phi) is 7.15. The Morgan fingerprint density at radius 2 is 2.17 bits per heavy atom. The number of aromatic nitrogens is 2. The predicted octanol–water partition coefficient (Wildman–Crippen LogP) is 3.73. The second-order valence-electron chi connectivity index (χ2n) is 4.56. The van der Waals surface area contributed by atoms with Gasteiger partial charge in [0.05, 0.1) is 25.2 Å². The largest absolute Gasteiger partial charge is 0.495 e. The Labute approximate surface area is 143 Å². The first-order valence-corrected chi connectivity index (χ1v) is 9.05. The lowest BCUT2D eigenvalue weighted by molar-refractivity contribution is -0.140. The first kappa shape index (κ1) is 17.6. The maximum absolute atomic E-state index is 11.6. The number of hydrogen-bond acceptors (Lipinski definition) is 8. The zero-order chi connectivity index (χ0) is 16.5. The van der Waals surface area contributed by atoms with Crippen LogP contribution in [0.4, 0.5) is 10.8 Å². The number of anilines is 2. The van der Waals surface area contributed by atoms with Crippen LogP contribution in [-0.2, 0) is 9.53 Å². The molecule has 0 saturated carbocycles. The van der Waals surface area contributed by atoms with Crippen molar-refractivity contribution in [2.24, 2.45) is 0 Å². The Morgan fingerprint density at radius 1 is 1.35 bits per heavy atom. The molecule has 2 rings (SSSR count). The molecule has 0 atom stereocenters. The van der Waals surface area contributed by atoms with Crippen molar-refractivity contribution in [3.8, 4) is 5.75 Å². The van der Waals surface area contributed by atoms with Gasteiger partial charge in [-0.2, -0.15) is 0 Å². The molecule has 1 heterocycles. The van der Waals surface area contributed by atoms with Crippen LogP contribution in [0.1, 0.15) is 19.8 Å². The maximum Gasteiger partial charge on any atom is 0.316 e. The average molecular weight is 353 g/mol. The average Bonchev–Trinajstić information content (AvgIpc) is 3.01. The Hall–Kier alpha value is -1.80. The highest BCUT2D eigenvalue weighted by Crippen LogP contribution is 2.31. The van der Waals surface area contributed by atoms with Crippen LogP contribution >= 0.6 is 23.1 Å². The van der Waals surface area contributed by atoms with Crippen molar-refractivity contribution in [2.75, 3.05) is 24.8 Å². The van der Waals surface area contributed by atoms with Crippen molar-refractivity contribution in [1.29, 1.82) is 0 Å². The summed E-state index contributed by atoms with van der Waals surface area (Å²) in [6.07, 6.45) is 1.90. The van der Waals surface area contributed by atoms with Crippen LogP contribution in [0, 0.1) is 0 Å². The van der Waals surface area contributed by atoms with Gasteiger partial charge in [-0.1, -0.05) is 48.6 Å². The fourth-order valence-electron chi connectivity index (χ4n) is 1.67. The fourth-order valence-corrected chi connectivity index (χ4v) is 3.24. The van der Waals surface area contributed by atoms with Crippen LogP contribution < -0.4 is 10.1 Å². The summed E-state index contributed by atoms with van der Waals surface area (Å²) in [5.74, 6) is 0.752. The number of esters is 1. The van der Waals surface area contributed by atoms with E-state index in [9.17, 15) is 4.79 Å². The molecule has 0 spiro atoms. The molecule has 0 aliphatic heterocycles. The second kappa shape index (κ2) is 9.36. The third kappa shape index (κ3) is 5.72. The van der Waals surface area contributed by atoms with E-state index in [1.165, 1.54) is 23.1 Å². The van der Waals surface area contributed by atoms with Crippen LogP contribution in [0.15, 0.2) is 28.6 Å². The van der Waals surface area contributed by atoms with Gasteiger partial charge in [0, 0.05) is 0 Å². The number of rotatable bonds is 9. The number of hydrogen-bond donors (Lipinski definition) is 1. The number of ether oxygens (including phenoxy) is 2. The van der Waals surface area contributed by atoms with Crippen molar-refractivity contribution in [3.05, 3.63) is 24.3 Å². The van der Waals surface area contributed by atoms with Crippen LogP contribution in [0.5, 0.6) is 5.75 Å². The molecule has 0 unspecified atom stereocenters. The minimum Gasteiger partial charge on any atom is -0.495 e. The lowest BCUT2D eigenvalue weighted by Crippen LogP contribution is -2.08. The molecule has 0 radical (unpaired) electrons. The molecule has 0 aliphatic rings. The van der Waals surface area contributed by atoms with Crippen LogP contribution in [-0.4, -0.2) is 35.6 Å². The standard InChI is InChI=1S/C15H19N3O3S2/c1-3-4-9-21-13(19)10-22-15-18-17-14(23-15)16-11-7-5-6-8-12(11)20-2/h5-8H,3-4,9-10H2,1-2H3,(H,16,17). The lowest BCUT2D eigenvalue weighted by atomic mass is 10.3. The summed E-state index contributed by atoms with van der Waals surface area (Å²) in [6.45, 7) is 2.53. The highest BCUT2D eigenvalue weighted by molar-refractivity contribution is 8.01. The van der Waals surface area contributed by atoms with Gasteiger partial charge in [-0.25, -0.2) is 0 Å². The van der Waals surface area contributed by atoms with Gasteiger partial charge in [-0.15, -0.1) is 10.2 Å². The van der Waals surface area contributed by atoms with E-state index in [4.69, 9.17) is 9.47 Å². The first-order valence-electron chi connectivity index (χ1n) is 7.25. The van der Waals surface area contributed by atoms with E-state index in [1.807, 2.05) is 24.3 Å². The second-order valence-corrected chi connectivity index (χ2v) is 6.76. The molecule has 0 aliphatic carbocycles. The summed E-state index contributed by atoms with van der Waals surface area (Å²) >= 11 is 2.71. The van der Waals surface area contributed by atoms with Gasteiger partial charge in [0.25, 0.3) is 0 Å². The third-order valence-corrected chi connectivity index (χ3v) is 4.77. The number of nitrogens with one attached hydrogen (secondary N) is 1. The van der Waals surface area contributed by atoms with E-state index >= 15 is 0 Å². The van der Waals surface area contributed by atoms with Crippen LogP contribution in [0.2, 0.25) is 0 Å². The van der Waals surface area contributed by atoms with Gasteiger partial charge in [0.2, 0.25) is 5.13 Å². The molecule has 0 fully saturated rings. The lowest BCUT2D eigenvalue weighted by Gasteiger charge is -2.07. The third-order valence-electron chi connectivity index (χ3n) is 2.83. The molecular formula is C15H19N3O3S2. The molecular weight excluding hydrogens is 334 g/mol. The zero-order valence-electron chi connectivity index (χ0n) is 13.1. The normalized spacial score (nSPS) is 10.3. The Morgan fingerprint density at radius 3 is 2.96 bits per heavy atom. The van der Waals surface area contributed by atoms with Crippen molar-refractivity contribution in [3.63, 3.8) is 0 Å². The molecule has 0 saturated heterocycles.